The molecule has 1 aromatic heterocycles. The summed E-state index contributed by atoms with van der Waals surface area (Å²) in [6, 6.07) is 6.50. The van der Waals surface area contributed by atoms with Crippen molar-refractivity contribution in [3.8, 4) is 0 Å². The van der Waals surface area contributed by atoms with E-state index in [9.17, 15) is 9.59 Å². The van der Waals surface area contributed by atoms with Crippen molar-refractivity contribution in [2.75, 3.05) is 18.5 Å². The number of benzene rings is 1. The average molecular weight is 397 g/mol. The van der Waals surface area contributed by atoms with Crippen molar-refractivity contribution in [1.82, 2.24) is 15.3 Å². The number of esters is 1. The van der Waals surface area contributed by atoms with Gasteiger partial charge in [0.1, 0.15) is 0 Å². The summed E-state index contributed by atoms with van der Waals surface area (Å²) in [7, 11) is 0. The highest BCUT2D eigenvalue weighted by atomic mass is 35.5. The van der Waals surface area contributed by atoms with Crippen LogP contribution in [-0.4, -0.2) is 35.0 Å². The van der Waals surface area contributed by atoms with E-state index >= 15 is 0 Å². The van der Waals surface area contributed by atoms with Crippen LogP contribution in [0.1, 0.15) is 24.9 Å². The number of anilines is 1. The molecule has 0 bridgehead atoms. The predicted molar refractivity (Wildman–Crippen MR) is 99.1 cm³/mol. The van der Waals surface area contributed by atoms with E-state index < -0.39 is 11.9 Å². The zero-order chi connectivity index (χ0) is 18.9. The van der Waals surface area contributed by atoms with Gasteiger partial charge in [-0.05, 0) is 30.7 Å². The Morgan fingerprint density at radius 1 is 1.19 bits per heavy atom. The zero-order valence-corrected chi connectivity index (χ0v) is 15.5. The molecule has 1 aromatic carbocycles. The lowest BCUT2D eigenvalue weighted by Gasteiger charge is -2.15. The molecule has 0 aliphatic rings. The van der Waals surface area contributed by atoms with E-state index in [0.717, 1.165) is 5.56 Å². The Hall–Kier alpha value is -2.38. The lowest BCUT2D eigenvalue weighted by Crippen LogP contribution is -2.31. The second kappa shape index (κ2) is 9.94. The van der Waals surface area contributed by atoms with Crippen LogP contribution in [0.5, 0.6) is 0 Å². The number of rotatable bonds is 8. The lowest BCUT2D eigenvalue weighted by molar-refractivity contribution is -0.148. The Balaban J connectivity index is 1.68. The van der Waals surface area contributed by atoms with Gasteiger partial charge in [0.15, 0.2) is 6.61 Å². The van der Waals surface area contributed by atoms with Crippen LogP contribution < -0.4 is 10.6 Å². The van der Waals surface area contributed by atoms with Crippen LogP contribution in [0, 0.1) is 0 Å². The van der Waals surface area contributed by atoms with Gasteiger partial charge in [0.2, 0.25) is 5.95 Å². The summed E-state index contributed by atoms with van der Waals surface area (Å²) in [4.78, 5) is 31.5. The van der Waals surface area contributed by atoms with Crippen LogP contribution in [-0.2, 0) is 14.3 Å². The molecule has 9 heteroatoms. The summed E-state index contributed by atoms with van der Waals surface area (Å²) < 4.78 is 4.94. The van der Waals surface area contributed by atoms with Crippen LogP contribution >= 0.6 is 23.2 Å². The highest BCUT2D eigenvalue weighted by Crippen LogP contribution is 2.25. The van der Waals surface area contributed by atoms with Crippen LogP contribution in [0.15, 0.2) is 36.7 Å². The van der Waals surface area contributed by atoms with Crippen LogP contribution in [0.25, 0.3) is 0 Å². The minimum atomic E-state index is -0.495. The smallest absolute Gasteiger partial charge is 0.308 e. The third-order valence-electron chi connectivity index (χ3n) is 3.36. The van der Waals surface area contributed by atoms with Gasteiger partial charge >= 0.3 is 5.97 Å². The van der Waals surface area contributed by atoms with E-state index in [2.05, 4.69) is 20.6 Å². The molecule has 1 unspecified atom stereocenters. The topological polar surface area (TPSA) is 93.2 Å². The molecule has 0 aliphatic carbocycles. The van der Waals surface area contributed by atoms with E-state index in [0.29, 0.717) is 22.5 Å². The summed E-state index contributed by atoms with van der Waals surface area (Å²) in [5, 5.41) is 6.46. The highest BCUT2D eigenvalue weighted by molar-refractivity contribution is 6.42. The van der Waals surface area contributed by atoms with Crippen molar-refractivity contribution in [1.29, 1.82) is 0 Å². The summed E-state index contributed by atoms with van der Waals surface area (Å²) in [5.74, 6) is -0.476. The Kier molecular flexibility index (Phi) is 7.62. The fourth-order valence-electron chi connectivity index (χ4n) is 2.03. The maximum atomic E-state index is 11.9. The van der Waals surface area contributed by atoms with E-state index in [1.807, 2.05) is 0 Å². The summed E-state index contributed by atoms with van der Waals surface area (Å²) in [5.41, 5.74) is 0.797. The standard InChI is InChI=1S/C17H18Cl2N4O3/c1-11(12-3-4-13(18)14(19)9-12)23-15(24)10-26-16(25)5-8-22-17-20-6-2-7-21-17/h2-4,6-7,9,11H,5,8,10H2,1H3,(H,23,24)(H,20,21,22). The highest BCUT2D eigenvalue weighted by Gasteiger charge is 2.13. The summed E-state index contributed by atoms with van der Waals surface area (Å²) >= 11 is 11.8. The molecule has 2 rings (SSSR count). The number of amides is 1. The number of halogens is 2. The number of hydrogen-bond donors (Lipinski definition) is 2. The van der Waals surface area contributed by atoms with Gasteiger partial charge in [-0.2, -0.15) is 0 Å². The molecule has 1 amide bonds. The number of nitrogens with one attached hydrogen (secondary N) is 2. The van der Waals surface area contributed by atoms with Crippen molar-refractivity contribution < 1.29 is 14.3 Å². The van der Waals surface area contributed by atoms with Gasteiger partial charge < -0.3 is 15.4 Å². The number of hydrogen-bond acceptors (Lipinski definition) is 6. The average Bonchev–Trinajstić information content (AvgIpc) is 2.63. The second-order valence-electron chi connectivity index (χ2n) is 5.37. The van der Waals surface area contributed by atoms with Crippen molar-refractivity contribution in [3.63, 3.8) is 0 Å². The maximum absolute atomic E-state index is 11.9. The number of aromatic nitrogens is 2. The molecule has 0 saturated carbocycles. The molecule has 2 N–H and O–H groups in total. The first-order valence-corrected chi connectivity index (χ1v) is 8.62. The molecule has 0 saturated heterocycles. The van der Waals surface area contributed by atoms with Gasteiger partial charge in [0, 0.05) is 18.9 Å². The van der Waals surface area contributed by atoms with Crippen molar-refractivity contribution in [2.45, 2.75) is 19.4 Å². The van der Waals surface area contributed by atoms with E-state index in [1.54, 1.807) is 43.6 Å². The first-order valence-electron chi connectivity index (χ1n) is 7.86. The van der Waals surface area contributed by atoms with Crippen molar-refractivity contribution >= 4 is 41.0 Å². The Bertz CT molecular complexity index is 759. The second-order valence-corrected chi connectivity index (χ2v) is 6.19. The van der Waals surface area contributed by atoms with Gasteiger partial charge in [-0.25, -0.2) is 9.97 Å². The van der Waals surface area contributed by atoms with E-state index in [4.69, 9.17) is 27.9 Å². The number of carbonyl (C=O) groups excluding carboxylic acids is 2. The number of ether oxygens (including phenoxy) is 1. The number of nitrogens with zero attached hydrogens (tertiary/aromatic N) is 2. The molecule has 1 heterocycles. The molecule has 0 radical (unpaired) electrons. The Morgan fingerprint density at radius 3 is 2.62 bits per heavy atom. The van der Waals surface area contributed by atoms with Crippen LogP contribution in [0.3, 0.4) is 0 Å². The molecule has 26 heavy (non-hydrogen) atoms. The first-order chi connectivity index (χ1) is 12.5. The van der Waals surface area contributed by atoms with Crippen molar-refractivity contribution in [2.24, 2.45) is 0 Å². The normalized spacial score (nSPS) is 11.5. The predicted octanol–water partition coefficient (Wildman–Crippen LogP) is 3.01. The van der Waals surface area contributed by atoms with Crippen LogP contribution in [0.2, 0.25) is 10.0 Å². The molecular formula is C17H18Cl2N4O3. The maximum Gasteiger partial charge on any atom is 0.308 e. The SMILES string of the molecule is CC(NC(=O)COC(=O)CCNc1ncccn1)c1ccc(Cl)c(Cl)c1. The lowest BCUT2D eigenvalue weighted by atomic mass is 10.1. The van der Waals surface area contributed by atoms with Gasteiger partial charge in [-0.1, -0.05) is 29.3 Å². The van der Waals surface area contributed by atoms with E-state index in [-0.39, 0.29) is 19.1 Å². The molecular weight excluding hydrogens is 379 g/mol. The van der Waals surface area contributed by atoms with Gasteiger partial charge in [-0.15, -0.1) is 0 Å². The molecule has 0 aliphatic heterocycles. The third kappa shape index (κ3) is 6.50. The molecule has 138 valence electrons. The monoisotopic (exact) mass is 396 g/mol. The molecule has 1 atom stereocenters. The van der Waals surface area contributed by atoms with Crippen LogP contribution in [0.4, 0.5) is 5.95 Å². The molecule has 2 aromatic rings. The fraction of sp³-hybridized carbons (Fsp3) is 0.294. The Morgan fingerprint density at radius 2 is 1.92 bits per heavy atom. The summed E-state index contributed by atoms with van der Waals surface area (Å²) in [6.07, 6.45) is 3.27. The van der Waals surface area contributed by atoms with Crippen molar-refractivity contribution in [3.05, 3.63) is 52.3 Å². The minimum absolute atomic E-state index is 0.0912. The fourth-order valence-corrected chi connectivity index (χ4v) is 2.34. The minimum Gasteiger partial charge on any atom is -0.456 e. The van der Waals surface area contributed by atoms with Gasteiger partial charge in [-0.3, -0.25) is 9.59 Å². The number of carbonyl (C=O) groups is 2. The zero-order valence-electron chi connectivity index (χ0n) is 14.0. The van der Waals surface area contributed by atoms with E-state index in [1.165, 1.54) is 0 Å². The third-order valence-corrected chi connectivity index (χ3v) is 4.10. The Labute approximate surface area is 161 Å². The largest absolute Gasteiger partial charge is 0.456 e. The summed E-state index contributed by atoms with van der Waals surface area (Å²) in [6.45, 7) is 1.75. The first kappa shape index (κ1) is 19.9. The molecule has 0 fully saturated rings. The van der Waals surface area contributed by atoms with Gasteiger partial charge in [0.05, 0.1) is 22.5 Å². The van der Waals surface area contributed by atoms with Gasteiger partial charge in [0.25, 0.3) is 5.91 Å². The molecule has 0 spiro atoms. The molecule has 7 nitrogen and oxygen atoms in total. The quantitative estimate of drug-likeness (QED) is 0.666.